The fourth-order valence-corrected chi connectivity index (χ4v) is 3.41. The van der Waals surface area contributed by atoms with Gasteiger partial charge in [-0.3, -0.25) is 9.59 Å². The van der Waals surface area contributed by atoms with Crippen LogP contribution < -0.4 is 5.32 Å². The highest BCUT2D eigenvalue weighted by molar-refractivity contribution is 6.42. The highest BCUT2D eigenvalue weighted by Gasteiger charge is 2.27. The maximum Gasteiger partial charge on any atom is 0.242 e. The SMILES string of the molecule is CNC(=O)[C@@H](C)N(Cc1c(Cl)cccc1Cl)C(=O)Cc1ccc(Cl)c(Cl)c1. The summed E-state index contributed by atoms with van der Waals surface area (Å²) in [6, 6.07) is 9.37. The minimum Gasteiger partial charge on any atom is -0.357 e. The molecule has 0 spiro atoms. The molecule has 0 fully saturated rings. The molecule has 1 atom stereocenters. The van der Waals surface area contributed by atoms with Crippen LogP contribution in [0.15, 0.2) is 36.4 Å². The smallest absolute Gasteiger partial charge is 0.242 e. The molecule has 0 unspecified atom stereocenters. The summed E-state index contributed by atoms with van der Waals surface area (Å²) in [5.74, 6) is -0.554. The molecular formula is C19H18Cl4N2O2. The van der Waals surface area contributed by atoms with Crippen LogP contribution in [-0.4, -0.2) is 29.8 Å². The molecular weight excluding hydrogens is 430 g/mol. The van der Waals surface area contributed by atoms with E-state index >= 15 is 0 Å². The summed E-state index contributed by atoms with van der Waals surface area (Å²) < 4.78 is 0. The Morgan fingerprint density at radius 2 is 1.63 bits per heavy atom. The zero-order valence-corrected chi connectivity index (χ0v) is 17.8. The Labute approximate surface area is 178 Å². The number of hydrogen-bond acceptors (Lipinski definition) is 2. The molecule has 2 aromatic rings. The van der Waals surface area contributed by atoms with Gasteiger partial charge in [-0.05, 0) is 36.8 Å². The average Bonchev–Trinajstić information content (AvgIpc) is 2.63. The van der Waals surface area contributed by atoms with Crippen molar-refractivity contribution >= 4 is 58.2 Å². The number of carbonyl (C=O) groups is 2. The predicted molar refractivity (Wildman–Crippen MR) is 111 cm³/mol. The molecule has 0 radical (unpaired) electrons. The molecule has 0 saturated carbocycles. The Kier molecular flexibility index (Phi) is 7.80. The number of amides is 2. The summed E-state index contributed by atoms with van der Waals surface area (Å²) in [4.78, 5) is 26.6. The number of halogens is 4. The third-order valence-corrected chi connectivity index (χ3v) is 5.59. The van der Waals surface area contributed by atoms with E-state index in [1.807, 2.05) is 0 Å². The van der Waals surface area contributed by atoms with Crippen molar-refractivity contribution in [2.45, 2.75) is 25.9 Å². The van der Waals surface area contributed by atoms with E-state index in [2.05, 4.69) is 5.32 Å². The highest BCUT2D eigenvalue weighted by atomic mass is 35.5. The van der Waals surface area contributed by atoms with E-state index in [0.29, 0.717) is 31.2 Å². The number of carbonyl (C=O) groups excluding carboxylic acids is 2. The van der Waals surface area contributed by atoms with E-state index in [1.165, 1.54) is 11.9 Å². The summed E-state index contributed by atoms with van der Waals surface area (Å²) in [6.07, 6.45) is 0.0558. The molecule has 0 bridgehead atoms. The standard InChI is InChI=1S/C19H18Cl4N2O2/c1-11(19(27)24-2)25(10-13-14(20)4-3-5-15(13)21)18(26)9-12-6-7-16(22)17(23)8-12/h3-8,11H,9-10H2,1-2H3,(H,24,27)/t11-/m1/s1. The maximum atomic E-state index is 13.0. The summed E-state index contributed by atoms with van der Waals surface area (Å²) in [6.45, 7) is 1.75. The summed E-state index contributed by atoms with van der Waals surface area (Å²) >= 11 is 24.4. The Balaban J connectivity index is 2.32. The van der Waals surface area contributed by atoms with Gasteiger partial charge in [0, 0.05) is 29.2 Å². The van der Waals surface area contributed by atoms with Crippen molar-refractivity contribution in [3.8, 4) is 0 Å². The Bertz CT molecular complexity index is 837. The van der Waals surface area contributed by atoms with Gasteiger partial charge in [0.05, 0.1) is 16.5 Å². The first kappa shape index (κ1) is 21.8. The summed E-state index contributed by atoms with van der Waals surface area (Å²) in [5.41, 5.74) is 1.27. The molecule has 0 heterocycles. The largest absolute Gasteiger partial charge is 0.357 e. The van der Waals surface area contributed by atoms with Crippen molar-refractivity contribution in [2.75, 3.05) is 7.05 Å². The molecule has 0 saturated heterocycles. The van der Waals surface area contributed by atoms with Crippen molar-refractivity contribution in [2.24, 2.45) is 0 Å². The second-order valence-electron chi connectivity index (χ2n) is 5.94. The van der Waals surface area contributed by atoms with Gasteiger partial charge in [-0.15, -0.1) is 0 Å². The van der Waals surface area contributed by atoms with Crippen LogP contribution in [0.3, 0.4) is 0 Å². The fourth-order valence-electron chi connectivity index (χ4n) is 2.57. The normalized spacial score (nSPS) is 11.8. The lowest BCUT2D eigenvalue weighted by Gasteiger charge is -2.29. The maximum absolute atomic E-state index is 13.0. The van der Waals surface area contributed by atoms with Gasteiger partial charge >= 0.3 is 0 Å². The van der Waals surface area contributed by atoms with Crippen molar-refractivity contribution in [3.05, 3.63) is 67.6 Å². The van der Waals surface area contributed by atoms with E-state index < -0.39 is 6.04 Å². The molecule has 27 heavy (non-hydrogen) atoms. The fraction of sp³-hybridized carbons (Fsp3) is 0.263. The van der Waals surface area contributed by atoms with Crippen molar-refractivity contribution < 1.29 is 9.59 Å². The molecule has 2 amide bonds. The number of rotatable bonds is 6. The zero-order valence-electron chi connectivity index (χ0n) is 14.7. The second-order valence-corrected chi connectivity index (χ2v) is 7.57. The second kappa shape index (κ2) is 9.65. The number of nitrogens with one attached hydrogen (secondary N) is 1. The number of likely N-dealkylation sites (N-methyl/N-ethyl adjacent to an activating group) is 1. The van der Waals surface area contributed by atoms with Gasteiger partial charge in [-0.1, -0.05) is 58.5 Å². The lowest BCUT2D eigenvalue weighted by molar-refractivity contribution is -0.139. The van der Waals surface area contributed by atoms with Crippen LogP contribution in [0.25, 0.3) is 0 Å². The van der Waals surface area contributed by atoms with Crippen molar-refractivity contribution in [1.29, 1.82) is 0 Å². The van der Waals surface area contributed by atoms with E-state index in [-0.39, 0.29) is 24.8 Å². The van der Waals surface area contributed by atoms with Crippen molar-refractivity contribution in [3.63, 3.8) is 0 Å². The van der Waals surface area contributed by atoms with Crippen molar-refractivity contribution in [1.82, 2.24) is 10.2 Å². The number of hydrogen-bond donors (Lipinski definition) is 1. The first-order chi connectivity index (χ1) is 12.7. The first-order valence-corrected chi connectivity index (χ1v) is 9.63. The van der Waals surface area contributed by atoms with E-state index in [1.54, 1.807) is 43.3 Å². The Morgan fingerprint density at radius 3 is 2.19 bits per heavy atom. The van der Waals surface area contributed by atoms with Crippen LogP contribution in [0.1, 0.15) is 18.1 Å². The molecule has 1 N–H and O–H groups in total. The van der Waals surface area contributed by atoms with Gasteiger partial charge in [0.2, 0.25) is 11.8 Å². The van der Waals surface area contributed by atoms with Crippen LogP contribution in [0.5, 0.6) is 0 Å². The number of nitrogens with zero attached hydrogens (tertiary/aromatic N) is 1. The Hall–Kier alpha value is -1.46. The van der Waals surface area contributed by atoms with Crippen LogP contribution in [0.2, 0.25) is 20.1 Å². The third-order valence-electron chi connectivity index (χ3n) is 4.14. The molecule has 0 aliphatic carbocycles. The van der Waals surface area contributed by atoms with Crippen LogP contribution in [-0.2, 0) is 22.6 Å². The molecule has 0 aliphatic heterocycles. The van der Waals surface area contributed by atoms with Gasteiger partial charge in [0.25, 0.3) is 0 Å². The molecule has 0 aliphatic rings. The van der Waals surface area contributed by atoms with E-state index in [9.17, 15) is 9.59 Å². The van der Waals surface area contributed by atoms with E-state index in [0.717, 1.165) is 0 Å². The molecule has 144 valence electrons. The third kappa shape index (κ3) is 5.52. The molecule has 2 rings (SSSR count). The molecule has 4 nitrogen and oxygen atoms in total. The average molecular weight is 448 g/mol. The number of benzene rings is 2. The minimum atomic E-state index is -0.711. The highest BCUT2D eigenvalue weighted by Crippen LogP contribution is 2.27. The quantitative estimate of drug-likeness (QED) is 0.676. The monoisotopic (exact) mass is 446 g/mol. The van der Waals surface area contributed by atoms with Crippen LogP contribution in [0.4, 0.5) is 0 Å². The summed E-state index contributed by atoms with van der Waals surface area (Å²) in [5, 5.41) is 4.19. The lowest BCUT2D eigenvalue weighted by atomic mass is 10.1. The summed E-state index contributed by atoms with van der Waals surface area (Å²) in [7, 11) is 1.52. The topological polar surface area (TPSA) is 49.4 Å². The van der Waals surface area contributed by atoms with Gasteiger partial charge in [-0.25, -0.2) is 0 Å². The first-order valence-electron chi connectivity index (χ1n) is 8.12. The van der Waals surface area contributed by atoms with E-state index in [4.69, 9.17) is 46.4 Å². The minimum absolute atomic E-state index is 0.0558. The zero-order chi connectivity index (χ0) is 20.1. The van der Waals surface area contributed by atoms with Gasteiger partial charge < -0.3 is 10.2 Å². The molecule has 0 aromatic heterocycles. The molecule has 8 heteroatoms. The lowest BCUT2D eigenvalue weighted by Crippen LogP contribution is -2.47. The Morgan fingerprint density at radius 1 is 1.00 bits per heavy atom. The van der Waals surface area contributed by atoms with Crippen LogP contribution in [0, 0.1) is 0 Å². The van der Waals surface area contributed by atoms with Crippen LogP contribution >= 0.6 is 46.4 Å². The van der Waals surface area contributed by atoms with Gasteiger partial charge in [-0.2, -0.15) is 0 Å². The van der Waals surface area contributed by atoms with Gasteiger partial charge in [0.1, 0.15) is 6.04 Å². The van der Waals surface area contributed by atoms with Gasteiger partial charge in [0.15, 0.2) is 0 Å². The predicted octanol–water partition coefficient (Wildman–Crippen LogP) is 5.01. The molecule has 2 aromatic carbocycles.